The van der Waals surface area contributed by atoms with Gasteiger partial charge in [0, 0.05) is 22.0 Å². The quantitative estimate of drug-likeness (QED) is 0.470. The van der Waals surface area contributed by atoms with Crippen LogP contribution in [0, 0.1) is 5.82 Å². The van der Waals surface area contributed by atoms with Gasteiger partial charge in [0.15, 0.2) is 11.5 Å². The van der Waals surface area contributed by atoms with Crippen LogP contribution < -0.4 is 20.3 Å². The zero-order valence-corrected chi connectivity index (χ0v) is 17.5. The van der Waals surface area contributed by atoms with Crippen LogP contribution in [0.15, 0.2) is 72.8 Å². The Hall–Kier alpha value is -4.33. The van der Waals surface area contributed by atoms with Crippen LogP contribution in [0.3, 0.4) is 0 Å². The monoisotopic (exact) mass is 445 g/mol. The summed E-state index contributed by atoms with van der Waals surface area (Å²) >= 11 is 0. The minimum atomic E-state index is -0.520. The molecule has 0 atom stereocenters. The fraction of sp³-hybridized carbons (Fsp3) is 0.120. The van der Waals surface area contributed by atoms with Crippen molar-refractivity contribution < 1.29 is 23.5 Å². The predicted molar refractivity (Wildman–Crippen MR) is 120 cm³/mol. The Morgan fingerprint density at radius 3 is 2.42 bits per heavy atom. The zero-order valence-electron chi connectivity index (χ0n) is 17.5. The highest BCUT2D eigenvalue weighted by Crippen LogP contribution is 2.30. The van der Waals surface area contributed by atoms with Crippen molar-refractivity contribution in [1.29, 1.82) is 0 Å². The van der Waals surface area contributed by atoms with Crippen molar-refractivity contribution in [3.63, 3.8) is 0 Å². The smallest absolute Gasteiger partial charge is 0.286 e. The van der Waals surface area contributed by atoms with E-state index in [0.717, 1.165) is 10.9 Å². The van der Waals surface area contributed by atoms with E-state index < -0.39 is 11.8 Å². The van der Waals surface area contributed by atoms with Crippen molar-refractivity contribution in [2.75, 3.05) is 13.2 Å². The third-order valence-electron chi connectivity index (χ3n) is 5.42. The van der Waals surface area contributed by atoms with Crippen LogP contribution in [0.25, 0.3) is 10.9 Å². The van der Waals surface area contributed by atoms with Crippen molar-refractivity contribution >= 4 is 22.7 Å². The van der Waals surface area contributed by atoms with Crippen LogP contribution >= 0.6 is 0 Å². The summed E-state index contributed by atoms with van der Waals surface area (Å²) in [7, 11) is 0. The summed E-state index contributed by atoms with van der Waals surface area (Å²) in [5.74, 6) is -0.330. The molecule has 8 heteroatoms. The SMILES string of the molecule is O=C(NNC(=O)c1cc2ccccc2n1Cc1ccccc1F)c1ccc2c(c1)OCCO2. The van der Waals surface area contributed by atoms with Crippen molar-refractivity contribution in [1.82, 2.24) is 15.4 Å². The van der Waals surface area contributed by atoms with Gasteiger partial charge in [-0.1, -0.05) is 36.4 Å². The first kappa shape index (κ1) is 20.6. The van der Waals surface area contributed by atoms with E-state index >= 15 is 0 Å². The van der Waals surface area contributed by atoms with E-state index in [1.165, 1.54) is 6.07 Å². The molecule has 1 aliphatic rings. The predicted octanol–water partition coefficient (Wildman–Crippen LogP) is 3.67. The van der Waals surface area contributed by atoms with Crippen LogP contribution in [0.4, 0.5) is 4.39 Å². The van der Waals surface area contributed by atoms with Gasteiger partial charge in [-0.15, -0.1) is 0 Å². The van der Waals surface area contributed by atoms with Gasteiger partial charge >= 0.3 is 0 Å². The van der Waals surface area contributed by atoms with E-state index in [2.05, 4.69) is 10.9 Å². The Kier molecular flexibility index (Phi) is 5.40. The lowest BCUT2D eigenvalue weighted by Crippen LogP contribution is -2.42. The van der Waals surface area contributed by atoms with Crippen molar-refractivity contribution in [2.45, 2.75) is 6.54 Å². The highest BCUT2D eigenvalue weighted by molar-refractivity contribution is 6.01. The number of rotatable bonds is 4. The second-order valence-electron chi connectivity index (χ2n) is 7.53. The molecular formula is C25H20FN3O4. The molecule has 2 heterocycles. The molecule has 3 aromatic carbocycles. The summed E-state index contributed by atoms with van der Waals surface area (Å²) in [5, 5.41) is 0.831. The Labute approximate surface area is 188 Å². The fourth-order valence-electron chi connectivity index (χ4n) is 3.80. The van der Waals surface area contributed by atoms with E-state index in [0.29, 0.717) is 41.5 Å². The van der Waals surface area contributed by atoms with E-state index in [-0.39, 0.29) is 12.4 Å². The Bertz CT molecular complexity index is 1370. The van der Waals surface area contributed by atoms with Crippen LogP contribution in [0.1, 0.15) is 26.4 Å². The third-order valence-corrected chi connectivity index (χ3v) is 5.42. The summed E-state index contributed by atoms with van der Waals surface area (Å²) in [5.41, 5.74) is 6.72. The summed E-state index contributed by atoms with van der Waals surface area (Å²) < 4.78 is 27.0. The van der Waals surface area contributed by atoms with Gasteiger partial charge in [-0.05, 0) is 36.4 Å². The maximum Gasteiger partial charge on any atom is 0.286 e. The molecule has 0 bridgehead atoms. The number of para-hydroxylation sites is 1. The van der Waals surface area contributed by atoms with Crippen LogP contribution in [0.2, 0.25) is 0 Å². The number of halogens is 1. The number of carbonyl (C=O) groups is 2. The van der Waals surface area contributed by atoms with Crippen LogP contribution in [-0.4, -0.2) is 29.6 Å². The molecular weight excluding hydrogens is 425 g/mol. The molecule has 0 saturated carbocycles. The first-order valence-electron chi connectivity index (χ1n) is 10.4. The molecule has 0 radical (unpaired) electrons. The number of hydrogen-bond acceptors (Lipinski definition) is 4. The van der Waals surface area contributed by atoms with Gasteiger partial charge in [0.25, 0.3) is 11.8 Å². The second-order valence-corrected chi connectivity index (χ2v) is 7.53. The van der Waals surface area contributed by atoms with Gasteiger partial charge in [-0.25, -0.2) is 4.39 Å². The zero-order chi connectivity index (χ0) is 22.8. The van der Waals surface area contributed by atoms with E-state index in [4.69, 9.17) is 9.47 Å². The van der Waals surface area contributed by atoms with Crippen molar-refractivity contribution in [3.8, 4) is 11.5 Å². The number of ether oxygens (including phenoxy) is 2. The second kappa shape index (κ2) is 8.66. The maximum atomic E-state index is 14.3. The largest absolute Gasteiger partial charge is 0.486 e. The van der Waals surface area contributed by atoms with E-state index in [1.807, 2.05) is 24.3 Å². The van der Waals surface area contributed by atoms with Crippen molar-refractivity contribution in [2.24, 2.45) is 0 Å². The summed E-state index contributed by atoms with van der Waals surface area (Å²) in [6, 6.07) is 20.4. The molecule has 7 nitrogen and oxygen atoms in total. The average molecular weight is 445 g/mol. The van der Waals surface area contributed by atoms with Crippen LogP contribution in [-0.2, 0) is 6.54 Å². The minimum absolute atomic E-state index is 0.166. The molecule has 0 fully saturated rings. The number of carbonyl (C=O) groups excluding carboxylic acids is 2. The lowest BCUT2D eigenvalue weighted by molar-refractivity contribution is 0.0841. The molecule has 166 valence electrons. The normalized spacial score (nSPS) is 12.4. The van der Waals surface area contributed by atoms with Gasteiger partial charge in [0.05, 0.1) is 6.54 Å². The molecule has 5 rings (SSSR count). The highest BCUT2D eigenvalue weighted by Gasteiger charge is 2.19. The average Bonchev–Trinajstić information content (AvgIpc) is 3.22. The van der Waals surface area contributed by atoms with Crippen LogP contribution in [0.5, 0.6) is 11.5 Å². The number of aromatic nitrogens is 1. The minimum Gasteiger partial charge on any atom is -0.486 e. The summed E-state index contributed by atoms with van der Waals surface area (Å²) in [6.07, 6.45) is 0. The van der Waals surface area contributed by atoms with E-state index in [9.17, 15) is 14.0 Å². The molecule has 4 aromatic rings. The first-order chi connectivity index (χ1) is 16.1. The van der Waals surface area contributed by atoms with Gasteiger partial charge in [0.2, 0.25) is 0 Å². The molecule has 33 heavy (non-hydrogen) atoms. The Morgan fingerprint density at radius 1 is 0.848 bits per heavy atom. The fourth-order valence-corrected chi connectivity index (χ4v) is 3.80. The molecule has 2 N–H and O–H groups in total. The molecule has 0 aliphatic carbocycles. The number of hydrogen-bond donors (Lipinski definition) is 2. The maximum absolute atomic E-state index is 14.3. The number of hydrazine groups is 1. The van der Waals surface area contributed by atoms with Gasteiger partial charge in [-0.2, -0.15) is 0 Å². The van der Waals surface area contributed by atoms with Gasteiger partial charge in [-0.3, -0.25) is 20.4 Å². The standard InChI is InChI=1S/C25H20FN3O4/c26-19-7-3-1-6-18(19)15-29-20-8-4-2-5-16(20)13-21(29)25(31)28-27-24(30)17-9-10-22-23(14-17)33-12-11-32-22/h1-10,13-14H,11-12,15H2,(H,27,30)(H,28,31). The lowest BCUT2D eigenvalue weighted by atomic mass is 10.2. The van der Waals surface area contributed by atoms with Gasteiger partial charge < -0.3 is 14.0 Å². The number of fused-ring (bicyclic) bond motifs is 2. The Balaban J connectivity index is 1.37. The highest BCUT2D eigenvalue weighted by atomic mass is 19.1. The molecule has 0 unspecified atom stereocenters. The lowest BCUT2D eigenvalue weighted by Gasteiger charge is -2.18. The first-order valence-corrected chi connectivity index (χ1v) is 10.4. The summed E-state index contributed by atoms with van der Waals surface area (Å²) in [6.45, 7) is 1.02. The summed E-state index contributed by atoms with van der Waals surface area (Å²) in [4.78, 5) is 25.6. The molecule has 1 aliphatic heterocycles. The third kappa shape index (κ3) is 4.10. The molecule has 1 aromatic heterocycles. The topological polar surface area (TPSA) is 81.6 Å². The molecule has 2 amide bonds. The molecule has 0 spiro atoms. The number of amides is 2. The van der Waals surface area contributed by atoms with Crippen molar-refractivity contribution in [3.05, 3.63) is 95.4 Å². The number of nitrogens with zero attached hydrogens (tertiary/aromatic N) is 1. The number of benzene rings is 3. The van der Waals surface area contributed by atoms with E-state index in [1.54, 1.807) is 47.0 Å². The van der Waals surface area contributed by atoms with Gasteiger partial charge in [0.1, 0.15) is 24.7 Å². The molecule has 0 saturated heterocycles. The number of nitrogens with one attached hydrogen (secondary N) is 2. The Morgan fingerprint density at radius 2 is 1.58 bits per heavy atom.